The van der Waals surface area contributed by atoms with Crippen LogP contribution in [0.15, 0.2) is 23.3 Å². The topological polar surface area (TPSA) is 12.9 Å². The van der Waals surface area contributed by atoms with E-state index in [1.165, 1.54) is 0 Å². The van der Waals surface area contributed by atoms with Crippen molar-refractivity contribution in [2.24, 2.45) is 0 Å². The molecule has 0 fully saturated rings. The minimum Gasteiger partial charge on any atom is -0.254 e. The molecule has 10 heavy (non-hydrogen) atoms. The minimum atomic E-state index is 0.615. The molecule has 0 aliphatic rings. The van der Waals surface area contributed by atoms with Gasteiger partial charge in [-0.15, -0.1) is 0 Å². The van der Waals surface area contributed by atoms with Crippen molar-refractivity contribution < 1.29 is 0 Å². The fourth-order valence-electron chi connectivity index (χ4n) is 0.575. The van der Waals surface area contributed by atoms with E-state index in [4.69, 9.17) is 11.6 Å². The first-order chi connectivity index (χ1) is 4.74. The van der Waals surface area contributed by atoms with Crippen LogP contribution in [0.2, 0.25) is 5.02 Å². The molecule has 1 heterocycles. The summed E-state index contributed by atoms with van der Waals surface area (Å²) in [6, 6.07) is 1.78. The van der Waals surface area contributed by atoms with E-state index in [1.54, 1.807) is 18.3 Å². The molecule has 0 saturated carbocycles. The Bertz CT molecular complexity index is 260. The monoisotopic (exact) mass is 217 g/mol. The van der Waals surface area contributed by atoms with Crippen molar-refractivity contribution in [1.29, 1.82) is 0 Å². The number of hydrogen-bond acceptors (Lipinski definition) is 1. The van der Waals surface area contributed by atoms with E-state index in [9.17, 15) is 0 Å². The number of pyridine rings is 1. The normalized spacial score (nSPS) is 9.40. The van der Waals surface area contributed by atoms with Crippen molar-refractivity contribution in [2.45, 2.75) is 0 Å². The molecule has 1 rings (SSSR count). The Hall–Kier alpha value is -0.340. The Morgan fingerprint density at radius 3 is 2.90 bits per heavy atom. The summed E-state index contributed by atoms with van der Waals surface area (Å²) in [5.41, 5.74) is 0.713. The molecule has 0 spiro atoms. The highest BCUT2D eigenvalue weighted by molar-refractivity contribution is 9.10. The van der Waals surface area contributed by atoms with Gasteiger partial charge in [-0.05, 0) is 28.1 Å². The van der Waals surface area contributed by atoms with E-state index in [0.29, 0.717) is 10.7 Å². The smallest absolute Gasteiger partial charge is 0.0810 e. The van der Waals surface area contributed by atoms with Crippen LogP contribution in [0.1, 0.15) is 5.69 Å². The van der Waals surface area contributed by atoms with Gasteiger partial charge in [-0.2, -0.15) is 0 Å². The Labute approximate surface area is 72.9 Å². The lowest BCUT2D eigenvalue weighted by Crippen LogP contribution is -1.80. The molecule has 3 heteroatoms. The second kappa shape index (κ2) is 3.17. The summed E-state index contributed by atoms with van der Waals surface area (Å²) < 4.78 is 0.878. The summed E-state index contributed by atoms with van der Waals surface area (Å²) in [4.78, 5) is 4.00. The van der Waals surface area contributed by atoms with Gasteiger partial charge < -0.3 is 0 Å². The lowest BCUT2D eigenvalue weighted by Gasteiger charge is -1.95. The van der Waals surface area contributed by atoms with Crippen LogP contribution in [-0.2, 0) is 0 Å². The largest absolute Gasteiger partial charge is 0.254 e. The van der Waals surface area contributed by atoms with E-state index in [2.05, 4.69) is 27.5 Å². The van der Waals surface area contributed by atoms with Gasteiger partial charge in [0.25, 0.3) is 0 Å². The molecule has 0 atom stereocenters. The fraction of sp³-hybridized carbons (Fsp3) is 0. The summed E-state index contributed by atoms with van der Waals surface area (Å²) in [6.07, 6.45) is 3.30. The van der Waals surface area contributed by atoms with Crippen LogP contribution in [0, 0.1) is 0 Å². The van der Waals surface area contributed by atoms with Crippen LogP contribution < -0.4 is 0 Å². The summed E-state index contributed by atoms with van der Waals surface area (Å²) in [7, 11) is 0. The van der Waals surface area contributed by atoms with E-state index >= 15 is 0 Å². The molecule has 0 saturated heterocycles. The minimum absolute atomic E-state index is 0.615. The average Bonchev–Trinajstić information content (AvgIpc) is 1.88. The number of nitrogens with zero attached hydrogens (tertiary/aromatic N) is 1. The maximum atomic E-state index is 5.77. The van der Waals surface area contributed by atoms with Gasteiger partial charge in [0, 0.05) is 10.7 Å². The van der Waals surface area contributed by atoms with Crippen LogP contribution in [0.25, 0.3) is 6.08 Å². The molecule has 1 aromatic heterocycles. The number of aromatic nitrogens is 1. The first kappa shape index (κ1) is 7.76. The van der Waals surface area contributed by atoms with E-state index in [1.807, 2.05) is 0 Å². The van der Waals surface area contributed by atoms with Crippen LogP contribution in [-0.4, -0.2) is 4.98 Å². The summed E-state index contributed by atoms with van der Waals surface area (Å²) >= 11 is 9.01. The number of rotatable bonds is 1. The highest BCUT2D eigenvalue weighted by Gasteiger charge is 1.96. The highest BCUT2D eigenvalue weighted by Crippen LogP contribution is 2.18. The lowest BCUT2D eigenvalue weighted by molar-refractivity contribution is 1.28. The third kappa shape index (κ3) is 1.58. The SMILES string of the molecule is C=Cc1ncc(Br)cc1Cl. The number of halogens is 2. The second-order valence-corrected chi connectivity index (χ2v) is 3.05. The summed E-state index contributed by atoms with van der Waals surface area (Å²) in [5.74, 6) is 0. The van der Waals surface area contributed by atoms with Gasteiger partial charge in [-0.3, -0.25) is 4.98 Å². The maximum absolute atomic E-state index is 5.77. The fourth-order valence-corrected chi connectivity index (χ4v) is 1.28. The highest BCUT2D eigenvalue weighted by atomic mass is 79.9. The van der Waals surface area contributed by atoms with Crippen LogP contribution in [0.5, 0.6) is 0 Å². The first-order valence-electron chi connectivity index (χ1n) is 2.67. The lowest BCUT2D eigenvalue weighted by atomic mass is 10.3. The summed E-state index contributed by atoms with van der Waals surface area (Å²) in [5, 5.41) is 0.615. The molecule has 1 aromatic rings. The standard InChI is InChI=1S/C7H5BrClN/c1-2-7-6(9)3-5(8)4-10-7/h2-4H,1H2. The predicted molar refractivity (Wildman–Crippen MR) is 47.0 cm³/mol. The van der Waals surface area contributed by atoms with E-state index in [0.717, 1.165) is 4.47 Å². The Morgan fingerprint density at radius 1 is 1.70 bits per heavy atom. The summed E-state index contributed by atoms with van der Waals surface area (Å²) in [6.45, 7) is 3.56. The molecule has 0 aromatic carbocycles. The molecule has 0 amide bonds. The van der Waals surface area contributed by atoms with Crippen LogP contribution in [0.3, 0.4) is 0 Å². The zero-order valence-corrected chi connectivity index (χ0v) is 7.48. The molecule has 0 unspecified atom stereocenters. The zero-order chi connectivity index (χ0) is 7.56. The van der Waals surface area contributed by atoms with Crippen LogP contribution in [0.4, 0.5) is 0 Å². The van der Waals surface area contributed by atoms with Gasteiger partial charge in [0.2, 0.25) is 0 Å². The molecule has 0 N–H and O–H groups in total. The quantitative estimate of drug-likeness (QED) is 0.706. The molecule has 0 bridgehead atoms. The van der Waals surface area contributed by atoms with Gasteiger partial charge in [0.05, 0.1) is 10.7 Å². The van der Waals surface area contributed by atoms with Crippen LogP contribution >= 0.6 is 27.5 Å². The van der Waals surface area contributed by atoms with Gasteiger partial charge in [0.15, 0.2) is 0 Å². The van der Waals surface area contributed by atoms with Gasteiger partial charge in [-0.25, -0.2) is 0 Å². The zero-order valence-electron chi connectivity index (χ0n) is 5.14. The molecule has 0 radical (unpaired) electrons. The Kier molecular flexibility index (Phi) is 2.46. The predicted octanol–water partition coefficient (Wildman–Crippen LogP) is 3.14. The van der Waals surface area contributed by atoms with Crippen molar-refractivity contribution in [3.05, 3.63) is 34.0 Å². The second-order valence-electron chi connectivity index (χ2n) is 1.72. The van der Waals surface area contributed by atoms with Crippen molar-refractivity contribution in [2.75, 3.05) is 0 Å². The molecular formula is C7H5BrClN. The van der Waals surface area contributed by atoms with E-state index in [-0.39, 0.29) is 0 Å². The third-order valence-electron chi connectivity index (χ3n) is 1.03. The third-order valence-corrected chi connectivity index (χ3v) is 1.77. The van der Waals surface area contributed by atoms with Crippen molar-refractivity contribution >= 4 is 33.6 Å². The van der Waals surface area contributed by atoms with Crippen molar-refractivity contribution in [1.82, 2.24) is 4.98 Å². The number of hydrogen-bond donors (Lipinski definition) is 0. The molecule has 52 valence electrons. The average molecular weight is 218 g/mol. The van der Waals surface area contributed by atoms with Gasteiger partial charge >= 0.3 is 0 Å². The molecule has 1 nitrogen and oxygen atoms in total. The molecular weight excluding hydrogens is 213 g/mol. The van der Waals surface area contributed by atoms with Crippen molar-refractivity contribution in [3.8, 4) is 0 Å². The first-order valence-corrected chi connectivity index (χ1v) is 3.84. The Balaban J connectivity index is 3.19. The molecule has 0 aliphatic carbocycles. The molecule has 0 aliphatic heterocycles. The Morgan fingerprint density at radius 2 is 2.40 bits per heavy atom. The van der Waals surface area contributed by atoms with Gasteiger partial charge in [-0.1, -0.05) is 18.2 Å². The van der Waals surface area contributed by atoms with Crippen molar-refractivity contribution in [3.63, 3.8) is 0 Å². The van der Waals surface area contributed by atoms with Gasteiger partial charge in [0.1, 0.15) is 0 Å². The maximum Gasteiger partial charge on any atom is 0.0810 e. The van der Waals surface area contributed by atoms with E-state index < -0.39 is 0 Å².